The molecule has 0 saturated heterocycles. The van der Waals surface area contributed by atoms with E-state index in [9.17, 15) is 4.79 Å². The van der Waals surface area contributed by atoms with Gasteiger partial charge >= 0.3 is 0 Å². The number of amides is 1. The smallest absolute Gasteiger partial charge is 0.291 e. The van der Waals surface area contributed by atoms with Crippen LogP contribution in [0.4, 0.5) is 5.69 Å². The molecule has 4 rings (SSSR count). The van der Waals surface area contributed by atoms with Crippen molar-refractivity contribution in [1.29, 1.82) is 0 Å². The SMILES string of the molecule is Cc1cc(Sc2ncccn2)ccc1NC(=O)c1oc2ccc(Br)cc2c1C. The Balaban J connectivity index is 1.55. The van der Waals surface area contributed by atoms with Crippen molar-refractivity contribution in [2.45, 2.75) is 23.9 Å². The summed E-state index contributed by atoms with van der Waals surface area (Å²) in [6.45, 7) is 3.84. The highest BCUT2D eigenvalue weighted by molar-refractivity contribution is 9.10. The molecule has 0 aliphatic heterocycles. The summed E-state index contributed by atoms with van der Waals surface area (Å²) in [4.78, 5) is 22.2. The van der Waals surface area contributed by atoms with Crippen molar-refractivity contribution in [3.63, 3.8) is 0 Å². The lowest BCUT2D eigenvalue weighted by Gasteiger charge is -2.09. The van der Waals surface area contributed by atoms with Crippen molar-refractivity contribution in [3.05, 3.63) is 76.2 Å². The van der Waals surface area contributed by atoms with E-state index in [2.05, 4.69) is 31.2 Å². The Hall–Kier alpha value is -2.64. The normalized spacial score (nSPS) is 11.0. The number of furan rings is 1. The van der Waals surface area contributed by atoms with E-state index in [1.54, 1.807) is 18.5 Å². The van der Waals surface area contributed by atoms with Crippen LogP contribution in [-0.4, -0.2) is 15.9 Å². The summed E-state index contributed by atoms with van der Waals surface area (Å²) in [6, 6.07) is 13.3. The number of fused-ring (bicyclic) bond motifs is 1. The third kappa shape index (κ3) is 3.81. The van der Waals surface area contributed by atoms with Crippen LogP contribution >= 0.6 is 27.7 Å². The highest BCUT2D eigenvalue weighted by atomic mass is 79.9. The van der Waals surface area contributed by atoms with Gasteiger partial charge in [-0.2, -0.15) is 0 Å². The Morgan fingerprint density at radius 1 is 1.11 bits per heavy atom. The maximum Gasteiger partial charge on any atom is 0.291 e. The number of rotatable bonds is 4. The molecule has 0 aliphatic carbocycles. The lowest BCUT2D eigenvalue weighted by atomic mass is 10.1. The van der Waals surface area contributed by atoms with E-state index in [4.69, 9.17) is 4.42 Å². The first-order valence-electron chi connectivity index (χ1n) is 8.57. The fourth-order valence-electron chi connectivity index (χ4n) is 2.87. The number of carbonyl (C=O) groups is 1. The number of benzene rings is 2. The number of carbonyl (C=O) groups excluding carboxylic acids is 1. The Labute approximate surface area is 174 Å². The van der Waals surface area contributed by atoms with Gasteiger partial charge in [-0.25, -0.2) is 9.97 Å². The van der Waals surface area contributed by atoms with E-state index in [-0.39, 0.29) is 5.91 Å². The highest BCUT2D eigenvalue weighted by Crippen LogP contribution is 2.30. The molecule has 0 fully saturated rings. The Morgan fingerprint density at radius 3 is 2.64 bits per heavy atom. The van der Waals surface area contributed by atoms with Gasteiger partial charge in [0, 0.05) is 38.4 Å². The number of anilines is 1. The zero-order valence-electron chi connectivity index (χ0n) is 15.2. The van der Waals surface area contributed by atoms with Crippen LogP contribution in [0.5, 0.6) is 0 Å². The van der Waals surface area contributed by atoms with Gasteiger partial charge < -0.3 is 9.73 Å². The fraction of sp³-hybridized carbons (Fsp3) is 0.0952. The molecule has 0 aliphatic rings. The van der Waals surface area contributed by atoms with Crippen LogP contribution in [0.25, 0.3) is 11.0 Å². The second-order valence-electron chi connectivity index (χ2n) is 6.26. The van der Waals surface area contributed by atoms with Gasteiger partial charge in [-0.1, -0.05) is 15.9 Å². The van der Waals surface area contributed by atoms with Crippen molar-refractivity contribution >= 4 is 50.3 Å². The van der Waals surface area contributed by atoms with Gasteiger partial charge in [-0.05, 0) is 73.6 Å². The molecule has 0 atom stereocenters. The van der Waals surface area contributed by atoms with E-state index >= 15 is 0 Å². The Morgan fingerprint density at radius 2 is 1.89 bits per heavy atom. The Bertz CT molecular complexity index is 1180. The molecule has 0 spiro atoms. The van der Waals surface area contributed by atoms with E-state index in [0.717, 1.165) is 31.6 Å². The quantitative estimate of drug-likeness (QED) is 0.383. The number of hydrogen-bond donors (Lipinski definition) is 1. The molecular weight excluding hydrogens is 438 g/mol. The maximum absolute atomic E-state index is 12.8. The molecule has 1 N–H and O–H groups in total. The zero-order valence-corrected chi connectivity index (χ0v) is 17.6. The largest absolute Gasteiger partial charge is 0.451 e. The first-order valence-corrected chi connectivity index (χ1v) is 10.2. The highest BCUT2D eigenvalue weighted by Gasteiger charge is 2.18. The molecule has 2 aromatic heterocycles. The topological polar surface area (TPSA) is 68.0 Å². The number of aromatic nitrogens is 2. The van der Waals surface area contributed by atoms with Crippen molar-refractivity contribution in [2.24, 2.45) is 0 Å². The molecule has 0 unspecified atom stereocenters. The number of nitrogens with one attached hydrogen (secondary N) is 1. The molecule has 2 aromatic carbocycles. The average molecular weight is 454 g/mol. The molecule has 1 amide bonds. The van der Waals surface area contributed by atoms with E-state index < -0.39 is 0 Å². The minimum absolute atomic E-state index is 0.264. The van der Waals surface area contributed by atoms with Crippen molar-refractivity contribution in [3.8, 4) is 0 Å². The summed E-state index contributed by atoms with van der Waals surface area (Å²) in [5, 5.41) is 4.55. The summed E-state index contributed by atoms with van der Waals surface area (Å²) in [5.41, 5.74) is 3.20. The van der Waals surface area contributed by atoms with Gasteiger partial charge in [-0.15, -0.1) is 0 Å². The minimum Gasteiger partial charge on any atom is -0.451 e. The van der Waals surface area contributed by atoms with Crippen LogP contribution in [0.3, 0.4) is 0 Å². The molecule has 0 bridgehead atoms. The van der Waals surface area contributed by atoms with Crippen LogP contribution in [0.15, 0.2) is 73.8 Å². The van der Waals surface area contributed by atoms with Crippen LogP contribution in [-0.2, 0) is 0 Å². The van der Waals surface area contributed by atoms with E-state index in [1.807, 2.05) is 50.2 Å². The average Bonchev–Trinajstić information content (AvgIpc) is 3.01. The standard InChI is InChI=1S/C21H16BrN3O2S/c1-12-10-15(28-21-23-8-3-9-24-21)5-6-17(12)25-20(26)19-13(2)16-11-14(22)4-7-18(16)27-19/h3-11H,1-2H3,(H,25,26). The van der Waals surface area contributed by atoms with Crippen LogP contribution < -0.4 is 5.32 Å². The monoisotopic (exact) mass is 453 g/mol. The van der Waals surface area contributed by atoms with Gasteiger partial charge in [0.25, 0.3) is 5.91 Å². The molecule has 28 heavy (non-hydrogen) atoms. The summed E-state index contributed by atoms with van der Waals surface area (Å²) < 4.78 is 6.72. The zero-order chi connectivity index (χ0) is 19.7. The van der Waals surface area contributed by atoms with Gasteiger partial charge in [0.15, 0.2) is 10.9 Å². The van der Waals surface area contributed by atoms with E-state index in [0.29, 0.717) is 16.5 Å². The first kappa shape index (κ1) is 18.7. The maximum atomic E-state index is 12.8. The number of nitrogens with zero attached hydrogens (tertiary/aromatic N) is 2. The lowest BCUT2D eigenvalue weighted by Crippen LogP contribution is -2.13. The molecule has 2 heterocycles. The fourth-order valence-corrected chi connectivity index (χ4v) is 4.04. The third-order valence-corrected chi connectivity index (χ3v) is 5.68. The lowest BCUT2D eigenvalue weighted by molar-refractivity contribution is 0.0998. The van der Waals surface area contributed by atoms with Gasteiger partial charge in [0.2, 0.25) is 0 Å². The second-order valence-corrected chi connectivity index (χ2v) is 8.22. The predicted molar refractivity (Wildman–Crippen MR) is 114 cm³/mol. The molecular formula is C21H16BrN3O2S. The predicted octanol–water partition coefficient (Wildman–Crippen LogP) is 6.01. The first-order chi connectivity index (χ1) is 13.5. The molecule has 0 radical (unpaired) electrons. The van der Waals surface area contributed by atoms with Crippen LogP contribution in [0.1, 0.15) is 21.7 Å². The third-order valence-electron chi connectivity index (χ3n) is 4.30. The number of hydrogen-bond acceptors (Lipinski definition) is 5. The van der Waals surface area contributed by atoms with Gasteiger partial charge in [-0.3, -0.25) is 4.79 Å². The summed E-state index contributed by atoms with van der Waals surface area (Å²) in [6.07, 6.45) is 3.43. The molecule has 7 heteroatoms. The van der Waals surface area contributed by atoms with Crippen LogP contribution in [0, 0.1) is 13.8 Å². The number of halogens is 1. The van der Waals surface area contributed by atoms with Crippen molar-refractivity contribution in [1.82, 2.24) is 9.97 Å². The van der Waals surface area contributed by atoms with Gasteiger partial charge in [0.1, 0.15) is 5.58 Å². The van der Waals surface area contributed by atoms with E-state index in [1.165, 1.54) is 11.8 Å². The summed E-state index contributed by atoms with van der Waals surface area (Å²) in [5.74, 6) is 0.0587. The van der Waals surface area contributed by atoms with Gasteiger partial charge in [0.05, 0.1) is 0 Å². The van der Waals surface area contributed by atoms with Crippen molar-refractivity contribution in [2.75, 3.05) is 5.32 Å². The summed E-state index contributed by atoms with van der Waals surface area (Å²) in [7, 11) is 0. The molecule has 140 valence electrons. The summed E-state index contributed by atoms with van der Waals surface area (Å²) >= 11 is 4.93. The number of aryl methyl sites for hydroxylation is 2. The molecule has 0 saturated carbocycles. The molecule has 5 nitrogen and oxygen atoms in total. The molecule has 4 aromatic rings. The minimum atomic E-state index is -0.264. The van der Waals surface area contributed by atoms with Crippen LogP contribution in [0.2, 0.25) is 0 Å². The Kier molecular flexibility index (Phi) is 5.19. The van der Waals surface area contributed by atoms with Crippen molar-refractivity contribution < 1.29 is 9.21 Å². The second kappa shape index (κ2) is 7.77.